The van der Waals surface area contributed by atoms with Gasteiger partial charge in [-0.3, -0.25) is 4.78 Å². The van der Waals surface area contributed by atoms with Gasteiger partial charge in [0.1, 0.15) is 0 Å². The Morgan fingerprint density at radius 2 is 1.96 bits per heavy atom. The van der Waals surface area contributed by atoms with Crippen molar-refractivity contribution in [3.8, 4) is 28.9 Å². The van der Waals surface area contributed by atoms with Gasteiger partial charge in [-0.05, 0) is 49.6 Å². The molecule has 6 nitrogen and oxygen atoms in total. The predicted molar refractivity (Wildman–Crippen MR) is 99.3 cm³/mol. The molecular formula is C19H17N5OS. The lowest BCUT2D eigenvalue weighted by Gasteiger charge is -2.06. The van der Waals surface area contributed by atoms with Crippen molar-refractivity contribution in [3.05, 3.63) is 53.9 Å². The molecule has 1 unspecified atom stereocenters. The fourth-order valence-electron chi connectivity index (χ4n) is 2.85. The van der Waals surface area contributed by atoms with Gasteiger partial charge in [-0.1, -0.05) is 22.8 Å². The lowest BCUT2D eigenvalue weighted by molar-refractivity contribution is 0.433. The van der Waals surface area contributed by atoms with Crippen molar-refractivity contribution < 1.29 is 5.11 Å². The number of rotatable bonds is 4. The number of hydrogen-bond donors (Lipinski definition) is 2. The Morgan fingerprint density at radius 3 is 2.54 bits per heavy atom. The molecule has 0 spiro atoms. The smallest absolute Gasteiger partial charge is 0.223 e. The molecule has 1 fully saturated rings. The van der Waals surface area contributed by atoms with E-state index in [0.29, 0.717) is 27.9 Å². The molecule has 4 rings (SSSR count). The monoisotopic (exact) mass is 363 g/mol. The summed E-state index contributed by atoms with van der Waals surface area (Å²) in [5.41, 5.74) is 2.66. The molecule has 1 aliphatic rings. The summed E-state index contributed by atoms with van der Waals surface area (Å²) in [5, 5.41) is 24.5. The van der Waals surface area contributed by atoms with Gasteiger partial charge >= 0.3 is 0 Å². The first kappa shape index (κ1) is 16.5. The van der Waals surface area contributed by atoms with Crippen LogP contribution in [0.2, 0.25) is 0 Å². The second kappa shape index (κ2) is 6.39. The van der Waals surface area contributed by atoms with E-state index in [0.717, 1.165) is 23.3 Å². The van der Waals surface area contributed by atoms with E-state index in [1.165, 1.54) is 4.68 Å². The molecule has 2 aromatic heterocycles. The Morgan fingerprint density at radius 1 is 1.23 bits per heavy atom. The highest BCUT2D eigenvalue weighted by atomic mass is 32.2. The van der Waals surface area contributed by atoms with Crippen molar-refractivity contribution in [1.29, 1.82) is 10.0 Å². The van der Waals surface area contributed by atoms with Gasteiger partial charge in [-0.25, -0.2) is 4.98 Å². The van der Waals surface area contributed by atoms with Crippen LogP contribution in [0.3, 0.4) is 0 Å². The van der Waals surface area contributed by atoms with E-state index in [9.17, 15) is 5.11 Å². The van der Waals surface area contributed by atoms with Gasteiger partial charge in [0.05, 0.1) is 22.9 Å². The molecule has 26 heavy (non-hydrogen) atoms. The summed E-state index contributed by atoms with van der Waals surface area (Å²) < 4.78 is 9.63. The summed E-state index contributed by atoms with van der Waals surface area (Å²) in [4.78, 5) is 5.32. The highest BCUT2D eigenvalue weighted by Gasteiger charge is 2.26. The first-order valence-corrected chi connectivity index (χ1v) is 9.57. The Bertz CT molecular complexity index is 1030. The number of aryl methyl sites for hydroxylation is 1. The zero-order valence-corrected chi connectivity index (χ0v) is 15.0. The van der Waals surface area contributed by atoms with Gasteiger partial charge < -0.3 is 5.11 Å². The van der Waals surface area contributed by atoms with Gasteiger partial charge in [0.2, 0.25) is 5.88 Å². The molecule has 0 radical (unpaired) electrons. The minimum absolute atomic E-state index is 0.0134. The van der Waals surface area contributed by atoms with E-state index in [1.807, 2.05) is 13.0 Å². The molecule has 1 saturated carbocycles. The van der Waals surface area contributed by atoms with Gasteiger partial charge in [-0.2, -0.15) is 15.0 Å². The van der Waals surface area contributed by atoms with Crippen LogP contribution in [0.25, 0.3) is 16.9 Å². The van der Waals surface area contributed by atoms with Gasteiger partial charge in [0.15, 0.2) is 5.82 Å². The van der Waals surface area contributed by atoms with Crippen LogP contribution < -0.4 is 0 Å². The van der Waals surface area contributed by atoms with Crippen molar-refractivity contribution in [2.75, 3.05) is 0 Å². The molecule has 3 aromatic rings. The van der Waals surface area contributed by atoms with Gasteiger partial charge in [0.25, 0.3) is 0 Å². The molecule has 0 aliphatic heterocycles. The molecule has 0 amide bonds. The maximum atomic E-state index is 10.7. The third-order valence-corrected chi connectivity index (χ3v) is 6.28. The third kappa shape index (κ3) is 2.89. The average molecular weight is 363 g/mol. The Labute approximate surface area is 153 Å². The largest absolute Gasteiger partial charge is 0.493 e. The van der Waals surface area contributed by atoms with Crippen LogP contribution in [-0.2, 0) is 10.7 Å². The summed E-state index contributed by atoms with van der Waals surface area (Å²) in [5.74, 6) is 0.529. The van der Waals surface area contributed by atoms with Crippen LogP contribution in [0.15, 0.2) is 47.5 Å². The van der Waals surface area contributed by atoms with Gasteiger partial charge in [-0.15, -0.1) is 0 Å². The van der Waals surface area contributed by atoms with E-state index >= 15 is 0 Å². The summed E-state index contributed by atoms with van der Waals surface area (Å²) >= 11 is 0. The predicted octanol–water partition coefficient (Wildman–Crippen LogP) is 3.72. The van der Waals surface area contributed by atoms with Crippen LogP contribution in [0.4, 0.5) is 0 Å². The van der Waals surface area contributed by atoms with Crippen molar-refractivity contribution in [2.45, 2.75) is 29.9 Å². The van der Waals surface area contributed by atoms with Crippen molar-refractivity contribution in [2.24, 2.45) is 0 Å². The van der Waals surface area contributed by atoms with Crippen LogP contribution in [0, 0.1) is 23.0 Å². The van der Waals surface area contributed by atoms with Crippen LogP contribution in [-0.4, -0.2) is 25.1 Å². The van der Waals surface area contributed by atoms with E-state index in [2.05, 4.69) is 16.2 Å². The molecule has 0 saturated heterocycles. The van der Waals surface area contributed by atoms with Crippen LogP contribution in [0.1, 0.15) is 24.1 Å². The number of hydrogen-bond acceptors (Lipinski definition) is 5. The first-order valence-electron chi connectivity index (χ1n) is 8.28. The van der Waals surface area contributed by atoms with Gasteiger partial charge in [0, 0.05) is 16.3 Å². The maximum absolute atomic E-state index is 10.7. The molecule has 2 N–H and O–H groups in total. The van der Waals surface area contributed by atoms with E-state index in [-0.39, 0.29) is 5.88 Å². The van der Waals surface area contributed by atoms with E-state index in [1.54, 1.807) is 36.5 Å². The number of nitrogens with zero attached hydrogens (tertiary/aromatic N) is 4. The zero-order valence-electron chi connectivity index (χ0n) is 14.2. The second-order valence-electron chi connectivity index (χ2n) is 6.27. The molecule has 2 heterocycles. The number of nitriles is 1. The summed E-state index contributed by atoms with van der Waals surface area (Å²) in [6.07, 6.45) is 3.96. The quantitative estimate of drug-likeness (QED) is 0.738. The maximum Gasteiger partial charge on any atom is 0.223 e. The molecule has 1 atom stereocenters. The van der Waals surface area contributed by atoms with Crippen molar-refractivity contribution >= 4 is 10.7 Å². The molecule has 7 heteroatoms. The number of aromatic nitrogens is 3. The molecular weight excluding hydrogens is 346 g/mol. The highest BCUT2D eigenvalue weighted by Crippen LogP contribution is 2.34. The van der Waals surface area contributed by atoms with Crippen molar-refractivity contribution in [3.63, 3.8) is 0 Å². The van der Waals surface area contributed by atoms with E-state index < -0.39 is 10.7 Å². The third-order valence-electron chi connectivity index (χ3n) is 4.39. The minimum atomic E-state index is -0.507. The SMILES string of the molecule is Cc1nn(-c2ccc(S(=N)C3CC3)cn2)c(O)c1-c1ccc(C#N)cc1. The molecule has 130 valence electrons. The topological polar surface area (TPSA) is 98.6 Å². The number of benzene rings is 1. The summed E-state index contributed by atoms with van der Waals surface area (Å²) in [7, 11) is -0.507. The lowest BCUT2D eigenvalue weighted by atomic mass is 10.0. The fraction of sp³-hybridized carbons (Fsp3) is 0.211. The second-order valence-corrected chi connectivity index (χ2v) is 8.09. The van der Waals surface area contributed by atoms with Crippen molar-refractivity contribution in [1.82, 2.24) is 14.8 Å². The zero-order chi connectivity index (χ0) is 18.3. The standard InChI is InChI=1S/C19H17N5OS/c1-12-18(14-4-2-13(10-20)3-5-14)19(25)24(23-12)17-9-8-16(11-22-17)26(21)15-6-7-15/h2-5,8-9,11,15,21,25H,6-7H2,1H3. The normalized spacial score (nSPS) is 14.8. The molecule has 1 aromatic carbocycles. The number of aromatic hydroxyl groups is 1. The average Bonchev–Trinajstić information content (AvgIpc) is 3.47. The number of nitrogens with one attached hydrogen (secondary N) is 1. The summed E-state index contributed by atoms with van der Waals surface area (Å²) in [6, 6.07) is 12.8. The lowest BCUT2D eigenvalue weighted by Crippen LogP contribution is -2.02. The molecule has 0 bridgehead atoms. The number of pyridine rings is 1. The Balaban J connectivity index is 1.69. The highest BCUT2D eigenvalue weighted by molar-refractivity contribution is 7.87. The van der Waals surface area contributed by atoms with E-state index in [4.69, 9.17) is 10.0 Å². The van der Waals surface area contributed by atoms with Crippen LogP contribution in [0.5, 0.6) is 5.88 Å². The Hall–Kier alpha value is -2.98. The fourth-order valence-corrected chi connectivity index (χ4v) is 4.22. The van der Waals surface area contributed by atoms with Crippen LogP contribution >= 0.6 is 0 Å². The Kier molecular flexibility index (Phi) is 4.05. The summed E-state index contributed by atoms with van der Waals surface area (Å²) in [6.45, 7) is 1.83. The molecule has 1 aliphatic carbocycles. The first-order chi connectivity index (χ1) is 12.6. The minimum Gasteiger partial charge on any atom is -0.493 e.